The lowest BCUT2D eigenvalue weighted by Gasteiger charge is -2.20. The molecule has 0 spiro atoms. The molecule has 0 unspecified atom stereocenters. The van der Waals surface area contributed by atoms with E-state index >= 15 is 0 Å². The third kappa shape index (κ3) is 3.58. The SMILES string of the molecule is COc1ccc2cc(C(=O)N(C)CC[C@H](O)c3ccccc3)n(C)c2c1. The van der Waals surface area contributed by atoms with Crippen molar-refractivity contribution >= 4 is 16.8 Å². The largest absolute Gasteiger partial charge is 0.497 e. The van der Waals surface area contributed by atoms with Gasteiger partial charge in [0.15, 0.2) is 0 Å². The minimum atomic E-state index is -0.580. The zero-order chi connectivity index (χ0) is 18.7. The molecular formula is C21H24N2O3. The van der Waals surface area contributed by atoms with Crippen molar-refractivity contribution < 1.29 is 14.6 Å². The molecule has 0 aliphatic heterocycles. The van der Waals surface area contributed by atoms with Crippen LogP contribution in [0.5, 0.6) is 5.75 Å². The second kappa shape index (κ2) is 7.62. The minimum Gasteiger partial charge on any atom is -0.497 e. The zero-order valence-corrected chi connectivity index (χ0v) is 15.3. The summed E-state index contributed by atoms with van der Waals surface area (Å²) in [6.45, 7) is 0.472. The van der Waals surface area contributed by atoms with Crippen molar-refractivity contribution in [2.24, 2.45) is 7.05 Å². The third-order valence-corrected chi connectivity index (χ3v) is 4.74. The van der Waals surface area contributed by atoms with E-state index in [1.54, 1.807) is 19.1 Å². The van der Waals surface area contributed by atoms with E-state index in [0.717, 1.165) is 22.2 Å². The highest BCUT2D eigenvalue weighted by Gasteiger charge is 2.18. The van der Waals surface area contributed by atoms with Gasteiger partial charge >= 0.3 is 0 Å². The van der Waals surface area contributed by atoms with Gasteiger partial charge in [0.1, 0.15) is 11.4 Å². The molecule has 1 aromatic heterocycles. The van der Waals surface area contributed by atoms with Crippen molar-refractivity contribution in [1.82, 2.24) is 9.47 Å². The second-order valence-electron chi connectivity index (χ2n) is 6.46. The van der Waals surface area contributed by atoms with Crippen molar-refractivity contribution in [2.75, 3.05) is 20.7 Å². The molecule has 0 saturated heterocycles. The first-order chi connectivity index (χ1) is 12.5. The summed E-state index contributed by atoms with van der Waals surface area (Å²) >= 11 is 0. The van der Waals surface area contributed by atoms with Gasteiger partial charge in [-0.2, -0.15) is 0 Å². The number of rotatable bonds is 6. The van der Waals surface area contributed by atoms with Crippen LogP contribution in [-0.4, -0.2) is 41.2 Å². The Balaban J connectivity index is 1.72. The Morgan fingerprint density at radius 1 is 1.19 bits per heavy atom. The number of carbonyl (C=O) groups excluding carboxylic acids is 1. The molecular weight excluding hydrogens is 328 g/mol. The Morgan fingerprint density at radius 2 is 1.92 bits per heavy atom. The van der Waals surface area contributed by atoms with Crippen LogP contribution >= 0.6 is 0 Å². The molecule has 136 valence electrons. The number of methoxy groups -OCH3 is 1. The van der Waals surface area contributed by atoms with Crippen LogP contribution in [0.4, 0.5) is 0 Å². The van der Waals surface area contributed by atoms with Gasteiger partial charge < -0.3 is 19.3 Å². The number of amides is 1. The highest BCUT2D eigenvalue weighted by molar-refractivity contribution is 5.98. The number of benzene rings is 2. The number of ether oxygens (including phenoxy) is 1. The molecule has 5 nitrogen and oxygen atoms in total. The van der Waals surface area contributed by atoms with Gasteiger partial charge in [0.2, 0.25) is 0 Å². The van der Waals surface area contributed by atoms with Crippen LogP contribution in [0.15, 0.2) is 54.6 Å². The second-order valence-corrected chi connectivity index (χ2v) is 6.46. The van der Waals surface area contributed by atoms with Gasteiger partial charge in [-0.3, -0.25) is 4.79 Å². The van der Waals surface area contributed by atoms with E-state index in [1.807, 2.05) is 66.2 Å². The highest BCUT2D eigenvalue weighted by atomic mass is 16.5. The van der Waals surface area contributed by atoms with Crippen LogP contribution in [0.3, 0.4) is 0 Å². The molecule has 1 N–H and O–H groups in total. The van der Waals surface area contributed by atoms with Crippen molar-refractivity contribution in [3.8, 4) is 5.75 Å². The van der Waals surface area contributed by atoms with Crippen LogP contribution in [0, 0.1) is 0 Å². The molecule has 0 bridgehead atoms. The number of carbonyl (C=O) groups is 1. The summed E-state index contributed by atoms with van der Waals surface area (Å²) in [6.07, 6.45) is -0.0903. The Kier molecular flexibility index (Phi) is 5.28. The molecule has 0 aliphatic rings. The van der Waals surface area contributed by atoms with Gasteiger partial charge in [0.25, 0.3) is 5.91 Å². The van der Waals surface area contributed by atoms with Crippen molar-refractivity contribution in [2.45, 2.75) is 12.5 Å². The molecule has 0 fully saturated rings. The van der Waals surface area contributed by atoms with Crippen LogP contribution in [0.25, 0.3) is 10.9 Å². The van der Waals surface area contributed by atoms with Gasteiger partial charge in [-0.15, -0.1) is 0 Å². The number of aliphatic hydroxyl groups is 1. The van der Waals surface area contributed by atoms with Gasteiger partial charge in [-0.25, -0.2) is 0 Å². The fourth-order valence-electron chi connectivity index (χ4n) is 3.10. The number of hydrogen-bond acceptors (Lipinski definition) is 3. The average molecular weight is 352 g/mol. The van der Waals surface area contributed by atoms with Gasteiger partial charge in [-0.1, -0.05) is 30.3 Å². The predicted molar refractivity (Wildman–Crippen MR) is 102 cm³/mol. The average Bonchev–Trinajstić information content (AvgIpc) is 3.01. The molecule has 2 aromatic carbocycles. The van der Waals surface area contributed by atoms with E-state index in [-0.39, 0.29) is 5.91 Å². The first-order valence-electron chi connectivity index (χ1n) is 8.63. The number of fused-ring (bicyclic) bond motifs is 1. The third-order valence-electron chi connectivity index (χ3n) is 4.74. The van der Waals surface area contributed by atoms with Gasteiger partial charge in [-0.05, 0) is 30.2 Å². The van der Waals surface area contributed by atoms with E-state index < -0.39 is 6.10 Å². The maximum Gasteiger partial charge on any atom is 0.270 e. The Bertz CT molecular complexity index is 902. The first-order valence-corrected chi connectivity index (χ1v) is 8.63. The van der Waals surface area contributed by atoms with E-state index in [4.69, 9.17) is 4.74 Å². The summed E-state index contributed by atoms with van der Waals surface area (Å²) in [5.41, 5.74) is 2.43. The molecule has 0 aliphatic carbocycles. The van der Waals surface area contributed by atoms with Crippen LogP contribution < -0.4 is 4.74 Å². The van der Waals surface area contributed by atoms with E-state index in [1.165, 1.54) is 0 Å². The fourth-order valence-corrected chi connectivity index (χ4v) is 3.10. The maximum atomic E-state index is 12.8. The molecule has 1 atom stereocenters. The molecule has 5 heteroatoms. The Hall–Kier alpha value is -2.79. The van der Waals surface area contributed by atoms with Crippen LogP contribution in [-0.2, 0) is 7.05 Å². The molecule has 0 saturated carbocycles. The lowest BCUT2D eigenvalue weighted by Crippen LogP contribution is -2.30. The number of aromatic nitrogens is 1. The quantitative estimate of drug-likeness (QED) is 0.740. The molecule has 1 amide bonds. The normalized spacial score (nSPS) is 12.2. The van der Waals surface area contributed by atoms with Crippen LogP contribution in [0.1, 0.15) is 28.6 Å². The van der Waals surface area contributed by atoms with Gasteiger partial charge in [0, 0.05) is 32.1 Å². The summed E-state index contributed by atoms with van der Waals surface area (Å²) in [5, 5.41) is 11.3. The summed E-state index contributed by atoms with van der Waals surface area (Å²) in [6, 6.07) is 17.1. The van der Waals surface area contributed by atoms with Crippen molar-refractivity contribution in [1.29, 1.82) is 0 Å². The maximum absolute atomic E-state index is 12.8. The lowest BCUT2D eigenvalue weighted by atomic mass is 10.1. The molecule has 0 radical (unpaired) electrons. The Morgan fingerprint density at radius 3 is 2.62 bits per heavy atom. The van der Waals surface area contributed by atoms with Crippen molar-refractivity contribution in [3.63, 3.8) is 0 Å². The fraction of sp³-hybridized carbons (Fsp3) is 0.286. The number of aryl methyl sites for hydroxylation is 1. The molecule has 26 heavy (non-hydrogen) atoms. The summed E-state index contributed by atoms with van der Waals surface area (Å²) in [7, 11) is 5.27. The summed E-state index contributed by atoms with van der Waals surface area (Å²) in [5.74, 6) is 0.694. The number of hydrogen-bond donors (Lipinski definition) is 1. The monoisotopic (exact) mass is 352 g/mol. The standard InChI is InChI=1S/C21H24N2O3/c1-22(12-11-20(24)15-7-5-4-6-8-15)21(25)19-13-16-9-10-17(26-3)14-18(16)23(19)2/h4-10,13-14,20,24H,11-12H2,1-3H3/t20-/m0/s1. The topological polar surface area (TPSA) is 54.7 Å². The summed E-state index contributed by atoms with van der Waals surface area (Å²) < 4.78 is 7.14. The zero-order valence-electron chi connectivity index (χ0n) is 15.3. The van der Waals surface area contributed by atoms with Gasteiger partial charge in [0.05, 0.1) is 18.7 Å². The minimum absolute atomic E-state index is 0.0667. The molecule has 3 aromatic rings. The summed E-state index contributed by atoms with van der Waals surface area (Å²) in [4.78, 5) is 14.5. The molecule has 1 heterocycles. The Labute approximate surface area is 153 Å². The number of aliphatic hydroxyl groups excluding tert-OH is 1. The highest BCUT2D eigenvalue weighted by Crippen LogP contribution is 2.24. The van der Waals surface area contributed by atoms with Crippen LogP contribution in [0.2, 0.25) is 0 Å². The lowest BCUT2D eigenvalue weighted by molar-refractivity contribution is 0.0752. The predicted octanol–water partition coefficient (Wildman–Crippen LogP) is 3.38. The van der Waals surface area contributed by atoms with Crippen molar-refractivity contribution in [3.05, 3.63) is 65.9 Å². The van der Waals surface area contributed by atoms with E-state index in [0.29, 0.717) is 18.7 Å². The van der Waals surface area contributed by atoms with E-state index in [9.17, 15) is 9.90 Å². The first kappa shape index (κ1) is 18.0. The smallest absolute Gasteiger partial charge is 0.270 e. The molecule has 3 rings (SSSR count). The number of nitrogens with zero attached hydrogens (tertiary/aromatic N) is 2. The van der Waals surface area contributed by atoms with E-state index in [2.05, 4.69) is 0 Å².